The van der Waals surface area contributed by atoms with Crippen molar-refractivity contribution < 1.29 is 48.3 Å². The highest BCUT2D eigenvalue weighted by Gasteiger charge is 2.19. The molecule has 0 amide bonds. The van der Waals surface area contributed by atoms with Gasteiger partial charge in [0.15, 0.2) is 0 Å². The molecule has 0 saturated heterocycles. The van der Waals surface area contributed by atoms with Crippen molar-refractivity contribution in [2.45, 2.75) is 19.8 Å². The van der Waals surface area contributed by atoms with Gasteiger partial charge in [0.1, 0.15) is 13.2 Å². The summed E-state index contributed by atoms with van der Waals surface area (Å²) in [5.41, 5.74) is 6.35. The molecule has 13 nitrogen and oxygen atoms in total. The monoisotopic (exact) mass is 757 g/mol. The highest BCUT2D eigenvalue weighted by Crippen LogP contribution is 2.35. The number of hydrogen-bond acceptors (Lipinski definition) is 13. The van der Waals surface area contributed by atoms with Crippen LogP contribution in [-0.2, 0) is 38.1 Å². The molecule has 0 radical (unpaired) electrons. The first-order chi connectivity index (χ1) is 26.5. The van der Waals surface area contributed by atoms with Crippen LogP contribution in [0.15, 0.2) is 72.8 Å². The lowest BCUT2D eigenvalue weighted by Crippen LogP contribution is -2.31. The Kier molecular flexibility index (Phi) is 23.5. The molecule has 54 heavy (non-hydrogen) atoms. The Bertz CT molecular complexity index is 1260. The van der Waals surface area contributed by atoms with E-state index in [-0.39, 0.29) is 19.1 Å². The minimum Gasteiger partial charge on any atom is -0.394 e. The summed E-state index contributed by atoms with van der Waals surface area (Å²) in [4.78, 5) is 16.3. The van der Waals surface area contributed by atoms with Gasteiger partial charge in [0.2, 0.25) is 0 Å². The van der Waals surface area contributed by atoms with E-state index in [2.05, 4.69) is 70.5 Å². The Hall–Kier alpha value is -3.34. The van der Waals surface area contributed by atoms with Gasteiger partial charge in [0, 0.05) is 57.7 Å². The molecule has 0 aliphatic heterocycles. The molecule has 0 heterocycles. The Labute approximate surface area is 322 Å². The number of rotatable bonds is 32. The number of aliphatic hydroxyl groups excluding tert-OH is 2. The van der Waals surface area contributed by atoms with E-state index in [1.54, 1.807) is 0 Å². The summed E-state index contributed by atoms with van der Waals surface area (Å²) in [6, 6.07) is 25.5. The lowest BCUT2D eigenvalue weighted by atomic mass is 9.85. The number of anilines is 3. The van der Waals surface area contributed by atoms with E-state index >= 15 is 0 Å². The molecule has 2 N–H and O–H groups in total. The van der Waals surface area contributed by atoms with Gasteiger partial charge in [-0.3, -0.25) is 0 Å². The van der Waals surface area contributed by atoms with E-state index in [0.717, 1.165) is 33.8 Å². The smallest absolute Gasteiger partial charge is 0.101 e. The molecule has 0 saturated carbocycles. The number of hydrogen-bond donors (Lipinski definition) is 2. The molecule has 13 heteroatoms. The van der Waals surface area contributed by atoms with E-state index in [1.807, 2.05) is 40.1 Å². The summed E-state index contributed by atoms with van der Waals surface area (Å²) in [6.45, 7) is 11.5. The van der Waals surface area contributed by atoms with Gasteiger partial charge < -0.3 is 48.4 Å². The molecule has 1 unspecified atom stereocenters. The zero-order valence-electron chi connectivity index (χ0n) is 32.7. The van der Waals surface area contributed by atoms with Crippen LogP contribution in [0.1, 0.15) is 36.5 Å². The summed E-state index contributed by atoms with van der Waals surface area (Å²) in [5.74, 6) is -0.0418. The highest BCUT2D eigenvalue weighted by molar-refractivity contribution is 5.55. The van der Waals surface area contributed by atoms with Gasteiger partial charge in [-0.2, -0.15) is 0 Å². The van der Waals surface area contributed by atoms with E-state index in [9.17, 15) is 5.11 Å². The van der Waals surface area contributed by atoms with Crippen molar-refractivity contribution in [3.8, 4) is 0 Å². The largest absolute Gasteiger partial charge is 0.394 e. The summed E-state index contributed by atoms with van der Waals surface area (Å²) in [7, 11) is 4.08. The summed E-state index contributed by atoms with van der Waals surface area (Å²) >= 11 is 0. The lowest BCUT2D eigenvalue weighted by Gasteiger charge is -2.26. The van der Waals surface area contributed by atoms with Gasteiger partial charge in [-0.1, -0.05) is 36.4 Å². The molecule has 0 aliphatic rings. The fraction of sp³-hybridized carbons (Fsp3) is 0.561. The average molecular weight is 758 g/mol. The zero-order valence-corrected chi connectivity index (χ0v) is 32.7. The van der Waals surface area contributed by atoms with Crippen LogP contribution in [0.25, 0.3) is 0 Å². The first-order valence-corrected chi connectivity index (χ1v) is 19.0. The Morgan fingerprint density at radius 1 is 0.444 bits per heavy atom. The van der Waals surface area contributed by atoms with Crippen LogP contribution in [0.4, 0.5) is 17.1 Å². The quantitative estimate of drug-likeness (QED) is 0.0527. The van der Waals surface area contributed by atoms with Crippen molar-refractivity contribution in [1.29, 1.82) is 0 Å². The highest BCUT2D eigenvalue weighted by atomic mass is 17.0. The predicted molar refractivity (Wildman–Crippen MR) is 212 cm³/mol. The van der Waals surface area contributed by atoms with Crippen LogP contribution in [0.3, 0.4) is 0 Å². The van der Waals surface area contributed by atoms with Crippen molar-refractivity contribution in [3.05, 3.63) is 89.5 Å². The SMILES string of the molecule is CCOCCOCCON(OCCOCC)c1ccc(C(c2ccc(N(C)C)cc2)c2ccc(N(CCOCCO)CCOCCOCCO)cc2)cc1. The third kappa shape index (κ3) is 17.0. The van der Waals surface area contributed by atoms with Gasteiger partial charge in [-0.05, 0) is 66.9 Å². The van der Waals surface area contributed by atoms with E-state index in [1.165, 1.54) is 5.23 Å². The Morgan fingerprint density at radius 3 is 1.28 bits per heavy atom. The van der Waals surface area contributed by atoms with Crippen molar-refractivity contribution >= 4 is 17.1 Å². The first kappa shape index (κ1) is 45.1. The van der Waals surface area contributed by atoms with E-state index in [0.29, 0.717) is 106 Å². The molecule has 302 valence electrons. The number of ether oxygens (including phenoxy) is 6. The van der Waals surface area contributed by atoms with Crippen molar-refractivity contribution in [2.24, 2.45) is 0 Å². The second-order valence-electron chi connectivity index (χ2n) is 12.3. The third-order valence-corrected chi connectivity index (χ3v) is 8.28. The van der Waals surface area contributed by atoms with Crippen molar-refractivity contribution in [1.82, 2.24) is 0 Å². The minimum atomic E-state index is -0.0418. The van der Waals surface area contributed by atoms with Gasteiger partial charge in [-0.15, -0.1) is 5.23 Å². The third-order valence-electron chi connectivity index (χ3n) is 8.28. The van der Waals surface area contributed by atoms with Crippen molar-refractivity contribution in [2.75, 3.05) is 148 Å². The maximum atomic E-state index is 9.18. The molecule has 0 aliphatic carbocycles. The molecular formula is C41H63N3O10. The first-order valence-electron chi connectivity index (χ1n) is 19.0. The second kappa shape index (κ2) is 28.1. The summed E-state index contributed by atoms with van der Waals surface area (Å²) in [6.07, 6.45) is 0. The molecule has 1 atom stereocenters. The fourth-order valence-corrected chi connectivity index (χ4v) is 5.53. The van der Waals surface area contributed by atoms with Crippen LogP contribution >= 0.6 is 0 Å². The van der Waals surface area contributed by atoms with Gasteiger partial charge >= 0.3 is 0 Å². The number of benzene rings is 3. The molecule has 3 aromatic rings. The van der Waals surface area contributed by atoms with Crippen LogP contribution in [0.5, 0.6) is 0 Å². The number of nitrogens with zero attached hydrogens (tertiary/aromatic N) is 3. The predicted octanol–water partition coefficient (Wildman–Crippen LogP) is 4.53. The van der Waals surface area contributed by atoms with Crippen LogP contribution in [-0.4, -0.2) is 143 Å². The van der Waals surface area contributed by atoms with Crippen LogP contribution < -0.4 is 15.0 Å². The summed E-state index contributed by atoms with van der Waals surface area (Å²) < 4.78 is 33.2. The molecule has 3 rings (SSSR count). The van der Waals surface area contributed by atoms with E-state index in [4.69, 9.17) is 43.2 Å². The van der Waals surface area contributed by atoms with Gasteiger partial charge in [0.25, 0.3) is 0 Å². The average Bonchev–Trinajstić information content (AvgIpc) is 3.19. The van der Waals surface area contributed by atoms with Crippen LogP contribution in [0, 0.1) is 0 Å². The maximum absolute atomic E-state index is 9.18. The summed E-state index contributed by atoms with van der Waals surface area (Å²) in [5, 5.41) is 19.5. The molecule has 0 spiro atoms. The van der Waals surface area contributed by atoms with Gasteiger partial charge in [0.05, 0.1) is 85.0 Å². The zero-order chi connectivity index (χ0) is 38.6. The Balaban J connectivity index is 1.82. The molecule has 3 aromatic carbocycles. The number of aliphatic hydroxyl groups is 2. The second-order valence-corrected chi connectivity index (χ2v) is 12.3. The Morgan fingerprint density at radius 2 is 0.815 bits per heavy atom. The van der Waals surface area contributed by atoms with Gasteiger partial charge in [-0.25, -0.2) is 9.68 Å². The molecule has 0 bridgehead atoms. The lowest BCUT2D eigenvalue weighted by molar-refractivity contribution is -0.112. The molecular weight excluding hydrogens is 694 g/mol. The van der Waals surface area contributed by atoms with E-state index < -0.39 is 0 Å². The van der Waals surface area contributed by atoms with Crippen molar-refractivity contribution in [3.63, 3.8) is 0 Å². The fourth-order valence-electron chi connectivity index (χ4n) is 5.53. The maximum Gasteiger partial charge on any atom is 0.101 e. The minimum absolute atomic E-state index is 0.00432. The normalized spacial score (nSPS) is 11.9. The standard InChI is InChI=1S/C41H63N3O10/c1-5-47-27-28-52-32-34-54-44(53-33-31-48-6-2)40-17-11-37(12-18-40)41(35-7-13-38(14-8-35)42(3)4)36-9-15-39(16-10-36)43(19-23-49-25-21-45)20-24-50-29-30-51-26-22-46/h7-18,41,45-46H,5-6,19-34H2,1-4H3. The van der Waals surface area contributed by atoms with Crippen LogP contribution in [0.2, 0.25) is 0 Å². The topological polar surface area (TPSA) is 124 Å². The molecule has 0 fully saturated rings. The molecule has 0 aromatic heterocycles.